The van der Waals surface area contributed by atoms with Crippen LogP contribution in [-0.4, -0.2) is 36.9 Å². The second-order valence-corrected chi connectivity index (χ2v) is 4.80. The number of methoxy groups -OCH3 is 2. The van der Waals surface area contributed by atoms with Crippen LogP contribution in [0.4, 0.5) is 0 Å². The summed E-state index contributed by atoms with van der Waals surface area (Å²) < 4.78 is 15.7. The standard InChI is InChI=1S/C18H19NO5/c1-22-16-10-13(11-17(23-2)18(16)20)8-9-14(19-21)12-24-15-6-4-3-5-7-15/h3-11,20-21H,12H2,1-2H3. The van der Waals surface area contributed by atoms with Crippen LogP contribution >= 0.6 is 0 Å². The van der Waals surface area contributed by atoms with Crippen LogP contribution in [0.15, 0.2) is 53.7 Å². The Morgan fingerprint density at radius 2 is 1.71 bits per heavy atom. The summed E-state index contributed by atoms with van der Waals surface area (Å²) in [4.78, 5) is 0. The molecule has 0 aromatic heterocycles. The number of rotatable bonds is 7. The topological polar surface area (TPSA) is 80.5 Å². The molecule has 2 rings (SSSR count). The van der Waals surface area contributed by atoms with E-state index in [9.17, 15) is 5.11 Å². The fourth-order valence-corrected chi connectivity index (χ4v) is 1.99. The zero-order valence-electron chi connectivity index (χ0n) is 13.5. The Bertz CT molecular complexity index is 700. The van der Waals surface area contributed by atoms with Gasteiger partial charge in [-0.2, -0.15) is 0 Å². The molecule has 6 heteroatoms. The lowest BCUT2D eigenvalue weighted by Crippen LogP contribution is -2.08. The summed E-state index contributed by atoms with van der Waals surface area (Å²) in [7, 11) is 2.91. The Labute approximate surface area is 140 Å². The van der Waals surface area contributed by atoms with Crippen molar-refractivity contribution in [2.75, 3.05) is 20.8 Å². The third-order valence-electron chi connectivity index (χ3n) is 3.23. The minimum Gasteiger partial charge on any atom is -0.502 e. The van der Waals surface area contributed by atoms with Crippen LogP contribution in [0.25, 0.3) is 6.08 Å². The van der Waals surface area contributed by atoms with Crippen molar-refractivity contribution in [3.63, 3.8) is 0 Å². The molecular formula is C18H19NO5. The van der Waals surface area contributed by atoms with E-state index < -0.39 is 0 Å². The van der Waals surface area contributed by atoms with Gasteiger partial charge in [0.15, 0.2) is 11.5 Å². The minimum atomic E-state index is -0.0689. The van der Waals surface area contributed by atoms with Gasteiger partial charge in [-0.1, -0.05) is 29.4 Å². The van der Waals surface area contributed by atoms with Crippen molar-refractivity contribution in [3.8, 4) is 23.0 Å². The number of hydrogen-bond acceptors (Lipinski definition) is 6. The second-order valence-electron chi connectivity index (χ2n) is 4.80. The number of para-hydroxylation sites is 1. The molecule has 0 bridgehead atoms. The zero-order valence-corrected chi connectivity index (χ0v) is 13.5. The molecule has 2 aromatic carbocycles. The molecule has 0 radical (unpaired) electrons. The molecule has 6 nitrogen and oxygen atoms in total. The molecule has 0 aliphatic heterocycles. The number of benzene rings is 2. The van der Waals surface area contributed by atoms with Crippen LogP contribution in [0.2, 0.25) is 0 Å². The number of oxime groups is 1. The number of aromatic hydroxyl groups is 1. The predicted octanol–water partition coefficient (Wildman–Crippen LogP) is 3.33. The molecule has 0 fully saturated rings. The maximum Gasteiger partial charge on any atom is 0.200 e. The van der Waals surface area contributed by atoms with Gasteiger partial charge in [0.25, 0.3) is 0 Å². The summed E-state index contributed by atoms with van der Waals surface area (Å²) in [6.45, 7) is 0.114. The highest BCUT2D eigenvalue weighted by molar-refractivity contribution is 5.99. The summed E-state index contributed by atoms with van der Waals surface area (Å²) >= 11 is 0. The van der Waals surface area contributed by atoms with Crippen molar-refractivity contribution >= 4 is 11.8 Å². The van der Waals surface area contributed by atoms with Gasteiger partial charge in [-0.05, 0) is 35.9 Å². The Morgan fingerprint density at radius 3 is 2.25 bits per heavy atom. The number of phenolic OH excluding ortho intramolecular Hbond substituents is 1. The van der Waals surface area contributed by atoms with Crippen molar-refractivity contribution in [1.82, 2.24) is 0 Å². The van der Waals surface area contributed by atoms with E-state index in [4.69, 9.17) is 19.4 Å². The monoisotopic (exact) mass is 329 g/mol. The van der Waals surface area contributed by atoms with E-state index in [0.29, 0.717) is 17.0 Å². The van der Waals surface area contributed by atoms with Gasteiger partial charge in [0, 0.05) is 0 Å². The van der Waals surface area contributed by atoms with Crippen molar-refractivity contribution < 1.29 is 24.5 Å². The lowest BCUT2D eigenvalue weighted by Gasteiger charge is -2.09. The predicted molar refractivity (Wildman–Crippen MR) is 91.4 cm³/mol. The average Bonchev–Trinajstić information content (AvgIpc) is 2.63. The summed E-state index contributed by atoms with van der Waals surface area (Å²) in [6, 6.07) is 12.5. The molecular weight excluding hydrogens is 310 g/mol. The van der Waals surface area contributed by atoms with Crippen molar-refractivity contribution in [1.29, 1.82) is 0 Å². The highest BCUT2D eigenvalue weighted by Crippen LogP contribution is 2.37. The highest BCUT2D eigenvalue weighted by Gasteiger charge is 2.10. The summed E-state index contributed by atoms with van der Waals surface area (Å²) in [5, 5.41) is 22.2. The number of nitrogens with zero attached hydrogens (tertiary/aromatic N) is 1. The van der Waals surface area contributed by atoms with Gasteiger partial charge in [0.2, 0.25) is 5.75 Å². The Balaban J connectivity index is 2.10. The van der Waals surface area contributed by atoms with Gasteiger partial charge in [-0.3, -0.25) is 0 Å². The number of phenols is 1. The Hall–Kier alpha value is -3.15. The molecule has 0 atom stereocenters. The van der Waals surface area contributed by atoms with Crippen molar-refractivity contribution in [3.05, 3.63) is 54.1 Å². The first-order valence-electron chi connectivity index (χ1n) is 7.19. The van der Waals surface area contributed by atoms with Gasteiger partial charge >= 0.3 is 0 Å². The van der Waals surface area contributed by atoms with E-state index in [0.717, 1.165) is 0 Å². The molecule has 0 amide bonds. The lowest BCUT2D eigenvalue weighted by atomic mass is 10.1. The lowest BCUT2D eigenvalue weighted by molar-refractivity contribution is 0.308. The van der Waals surface area contributed by atoms with Gasteiger partial charge in [0.1, 0.15) is 18.1 Å². The molecule has 2 aromatic rings. The zero-order chi connectivity index (χ0) is 17.4. The van der Waals surface area contributed by atoms with Crippen molar-refractivity contribution in [2.45, 2.75) is 0 Å². The molecule has 0 heterocycles. The normalized spacial score (nSPS) is 11.5. The molecule has 0 aliphatic rings. The van der Waals surface area contributed by atoms with E-state index in [1.807, 2.05) is 30.3 Å². The van der Waals surface area contributed by atoms with Crippen LogP contribution in [0, 0.1) is 0 Å². The molecule has 0 unspecified atom stereocenters. The third kappa shape index (κ3) is 4.42. The smallest absolute Gasteiger partial charge is 0.200 e. The quantitative estimate of drug-likeness (QED) is 0.463. The van der Waals surface area contributed by atoms with Crippen LogP contribution in [0.1, 0.15) is 5.56 Å². The van der Waals surface area contributed by atoms with E-state index in [-0.39, 0.29) is 23.9 Å². The number of hydrogen-bond donors (Lipinski definition) is 2. The molecule has 0 saturated heterocycles. The highest BCUT2D eigenvalue weighted by atomic mass is 16.5. The minimum absolute atomic E-state index is 0.0689. The maximum atomic E-state index is 9.89. The van der Waals surface area contributed by atoms with Gasteiger partial charge < -0.3 is 24.5 Å². The maximum absolute atomic E-state index is 9.89. The largest absolute Gasteiger partial charge is 0.502 e. The third-order valence-corrected chi connectivity index (χ3v) is 3.23. The average molecular weight is 329 g/mol. The van der Waals surface area contributed by atoms with E-state index in [1.54, 1.807) is 24.3 Å². The van der Waals surface area contributed by atoms with E-state index in [1.165, 1.54) is 14.2 Å². The van der Waals surface area contributed by atoms with E-state index in [2.05, 4.69) is 5.16 Å². The molecule has 0 aliphatic carbocycles. The van der Waals surface area contributed by atoms with Crippen molar-refractivity contribution in [2.24, 2.45) is 5.16 Å². The Kier molecular flexibility index (Phi) is 6.08. The van der Waals surface area contributed by atoms with Gasteiger partial charge in [0.05, 0.1) is 14.2 Å². The fourth-order valence-electron chi connectivity index (χ4n) is 1.99. The van der Waals surface area contributed by atoms with E-state index >= 15 is 0 Å². The van der Waals surface area contributed by atoms with Crippen LogP contribution < -0.4 is 14.2 Å². The summed E-state index contributed by atoms with van der Waals surface area (Å²) in [6.07, 6.45) is 3.31. The summed E-state index contributed by atoms with van der Waals surface area (Å²) in [5.41, 5.74) is 1.05. The van der Waals surface area contributed by atoms with Gasteiger partial charge in [-0.15, -0.1) is 0 Å². The van der Waals surface area contributed by atoms with Gasteiger partial charge in [-0.25, -0.2) is 0 Å². The number of ether oxygens (including phenoxy) is 3. The molecule has 24 heavy (non-hydrogen) atoms. The Morgan fingerprint density at radius 1 is 1.08 bits per heavy atom. The fraction of sp³-hybridized carbons (Fsp3) is 0.167. The van der Waals surface area contributed by atoms with Crippen LogP contribution in [0.3, 0.4) is 0 Å². The molecule has 0 spiro atoms. The first-order chi connectivity index (χ1) is 11.7. The first kappa shape index (κ1) is 17.2. The summed E-state index contributed by atoms with van der Waals surface area (Å²) in [5.74, 6) is 1.19. The molecule has 2 N–H and O–H groups in total. The first-order valence-corrected chi connectivity index (χ1v) is 7.19. The molecule has 126 valence electrons. The van der Waals surface area contributed by atoms with Crippen LogP contribution in [-0.2, 0) is 0 Å². The SMILES string of the molecule is COc1cc(C=CC(COc2ccccc2)=NO)cc(OC)c1O. The molecule has 0 saturated carbocycles. The van der Waals surface area contributed by atoms with Crippen LogP contribution in [0.5, 0.6) is 23.0 Å². The second kappa shape index (κ2) is 8.47.